The molecule has 0 heterocycles. The number of aliphatic hydroxyl groups excluding tert-OH is 1. The van der Waals surface area contributed by atoms with Gasteiger partial charge in [-0.05, 0) is 26.7 Å². The maximum Gasteiger partial charge on any atom is 0.337 e. The summed E-state index contributed by atoms with van der Waals surface area (Å²) in [6, 6.07) is 0. The minimum absolute atomic E-state index is 0.152. The maximum absolute atomic E-state index is 13.0. The Morgan fingerprint density at radius 2 is 1.48 bits per heavy atom. The number of carbonyl (C=O) groups is 1. The standard InChI is InChI=1S/C14H29O6P/c1-6-11(7-2)13(12(15)14(16)18-8-3)21(17,19-9-4)20-10-5/h11-13,15H,6-10H2,1-5H3/t12-,13-/m1/s1. The van der Waals surface area contributed by atoms with Crippen molar-refractivity contribution in [2.75, 3.05) is 19.8 Å². The van der Waals surface area contributed by atoms with E-state index in [1.54, 1.807) is 20.8 Å². The molecule has 7 heteroatoms. The number of hydrogen-bond acceptors (Lipinski definition) is 6. The fourth-order valence-electron chi connectivity index (χ4n) is 2.40. The summed E-state index contributed by atoms with van der Waals surface area (Å²) in [5.74, 6) is -0.942. The van der Waals surface area contributed by atoms with Crippen molar-refractivity contribution in [1.82, 2.24) is 0 Å². The second kappa shape index (κ2) is 10.3. The van der Waals surface area contributed by atoms with E-state index in [0.717, 1.165) is 0 Å². The van der Waals surface area contributed by atoms with Crippen LogP contribution in [0.4, 0.5) is 0 Å². The number of ether oxygens (including phenoxy) is 1. The van der Waals surface area contributed by atoms with Crippen molar-refractivity contribution in [3.8, 4) is 0 Å². The third-order valence-corrected chi connectivity index (χ3v) is 6.04. The SMILES string of the molecule is CCOC(=O)[C@H](O)[C@@H](C(CC)CC)P(=O)(OCC)OCC. The number of hydrogen-bond donors (Lipinski definition) is 1. The topological polar surface area (TPSA) is 82.1 Å². The minimum atomic E-state index is -3.60. The Hall–Kier alpha value is -0.420. The van der Waals surface area contributed by atoms with Crippen LogP contribution in [0.5, 0.6) is 0 Å². The summed E-state index contributed by atoms with van der Waals surface area (Å²) < 4.78 is 28.5. The van der Waals surface area contributed by atoms with Crippen molar-refractivity contribution in [3.05, 3.63) is 0 Å². The second-order valence-corrected chi connectivity index (χ2v) is 6.83. The number of carbonyl (C=O) groups excluding carboxylic acids is 1. The van der Waals surface area contributed by atoms with Gasteiger partial charge in [0, 0.05) is 0 Å². The zero-order chi connectivity index (χ0) is 16.5. The molecule has 0 aromatic rings. The molecule has 0 aromatic heterocycles. The average Bonchev–Trinajstić information content (AvgIpc) is 2.44. The molecule has 0 aliphatic carbocycles. The molecule has 0 saturated carbocycles. The lowest BCUT2D eigenvalue weighted by Gasteiger charge is -2.33. The Labute approximate surface area is 127 Å². The van der Waals surface area contributed by atoms with E-state index in [1.807, 2.05) is 13.8 Å². The van der Waals surface area contributed by atoms with E-state index < -0.39 is 25.3 Å². The first kappa shape index (κ1) is 20.6. The summed E-state index contributed by atoms with van der Waals surface area (Å²) in [5.41, 5.74) is -0.911. The molecule has 0 aliphatic heterocycles. The van der Waals surface area contributed by atoms with Gasteiger partial charge in [0.15, 0.2) is 6.10 Å². The molecular formula is C14H29O6P. The van der Waals surface area contributed by atoms with Gasteiger partial charge in [-0.3, -0.25) is 4.57 Å². The predicted octanol–water partition coefficient (Wildman–Crippen LogP) is 2.98. The average molecular weight is 324 g/mol. The van der Waals surface area contributed by atoms with E-state index in [0.29, 0.717) is 12.8 Å². The van der Waals surface area contributed by atoms with E-state index in [9.17, 15) is 14.5 Å². The van der Waals surface area contributed by atoms with Gasteiger partial charge in [0.25, 0.3) is 0 Å². The molecule has 0 radical (unpaired) electrons. The highest BCUT2D eigenvalue weighted by Gasteiger charge is 2.47. The molecule has 126 valence electrons. The molecule has 0 unspecified atom stereocenters. The summed E-state index contributed by atoms with van der Waals surface area (Å²) in [5, 5.41) is 10.3. The van der Waals surface area contributed by atoms with Crippen molar-refractivity contribution in [2.24, 2.45) is 5.92 Å². The van der Waals surface area contributed by atoms with Crippen LogP contribution in [0.1, 0.15) is 47.5 Å². The summed E-state index contributed by atoms with van der Waals surface area (Å²) in [6.45, 7) is 9.41. The molecule has 1 N–H and O–H groups in total. The van der Waals surface area contributed by atoms with Crippen LogP contribution in [-0.2, 0) is 23.1 Å². The Morgan fingerprint density at radius 3 is 1.81 bits per heavy atom. The highest BCUT2D eigenvalue weighted by Crippen LogP contribution is 2.57. The second-order valence-electron chi connectivity index (χ2n) is 4.64. The van der Waals surface area contributed by atoms with Crippen LogP contribution in [0.2, 0.25) is 0 Å². The van der Waals surface area contributed by atoms with E-state index in [1.165, 1.54) is 0 Å². The van der Waals surface area contributed by atoms with Crippen molar-refractivity contribution in [1.29, 1.82) is 0 Å². The Balaban J connectivity index is 5.56. The van der Waals surface area contributed by atoms with Crippen molar-refractivity contribution >= 4 is 13.6 Å². The third kappa shape index (κ3) is 5.70. The van der Waals surface area contributed by atoms with E-state index >= 15 is 0 Å². The number of esters is 1. The zero-order valence-electron chi connectivity index (χ0n) is 13.7. The van der Waals surface area contributed by atoms with Gasteiger partial charge in [0.1, 0.15) is 5.66 Å². The van der Waals surface area contributed by atoms with Crippen LogP contribution in [0.25, 0.3) is 0 Å². The normalized spacial score (nSPS) is 15.0. The van der Waals surface area contributed by atoms with Crippen LogP contribution in [0.15, 0.2) is 0 Å². The van der Waals surface area contributed by atoms with E-state index in [4.69, 9.17) is 13.8 Å². The quantitative estimate of drug-likeness (QED) is 0.465. The zero-order valence-corrected chi connectivity index (χ0v) is 14.6. The highest BCUT2D eigenvalue weighted by atomic mass is 31.2. The molecule has 21 heavy (non-hydrogen) atoms. The Bertz CT molecular complexity index is 332. The van der Waals surface area contributed by atoms with Gasteiger partial charge < -0.3 is 18.9 Å². The van der Waals surface area contributed by atoms with Crippen molar-refractivity contribution < 1.29 is 28.3 Å². The summed E-state index contributed by atoms with van der Waals surface area (Å²) in [7, 11) is -3.60. The van der Waals surface area contributed by atoms with Gasteiger partial charge in [-0.1, -0.05) is 26.7 Å². The van der Waals surface area contributed by atoms with Gasteiger partial charge in [0.2, 0.25) is 0 Å². The van der Waals surface area contributed by atoms with Gasteiger partial charge in [0.05, 0.1) is 19.8 Å². The number of aliphatic hydroxyl groups is 1. The van der Waals surface area contributed by atoms with E-state index in [2.05, 4.69) is 0 Å². The molecule has 0 aliphatic rings. The molecule has 0 rings (SSSR count). The van der Waals surface area contributed by atoms with Crippen molar-refractivity contribution in [2.45, 2.75) is 59.2 Å². The molecule has 6 nitrogen and oxygen atoms in total. The molecule has 0 fully saturated rings. The van der Waals surface area contributed by atoms with Gasteiger partial charge >= 0.3 is 13.6 Å². The maximum atomic E-state index is 13.0. The monoisotopic (exact) mass is 324 g/mol. The molecule has 2 atom stereocenters. The van der Waals surface area contributed by atoms with Gasteiger partial charge in [-0.25, -0.2) is 4.79 Å². The number of rotatable bonds is 11. The molecule has 0 saturated heterocycles. The van der Waals surface area contributed by atoms with Crippen LogP contribution in [0, 0.1) is 5.92 Å². The fourth-order valence-corrected chi connectivity index (χ4v) is 4.94. The smallest absolute Gasteiger partial charge is 0.337 e. The van der Waals surface area contributed by atoms with Crippen LogP contribution in [-0.4, -0.2) is 42.7 Å². The molecule has 0 aromatic carbocycles. The molecule has 0 amide bonds. The first-order valence-corrected chi connectivity index (χ1v) is 9.26. The predicted molar refractivity (Wildman–Crippen MR) is 81.4 cm³/mol. The lowest BCUT2D eigenvalue weighted by Crippen LogP contribution is -2.41. The highest BCUT2D eigenvalue weighted by molar-refractivity contribution is 7.54. The summed E-state index contributed by atoms with van der Waals surface area (Å²) in [4.78, 5) is 11.9. The molecular weight excluding hydrogens is 295 g/mol. The van der Waals surface area contributed by atoms with Gasteiger partial charge in [-0.2, -0.15) is 0 Å². The van der Waals surface area contributed by atoms with E-state index in [-0.39, 0.29) is 25.7 Å². The Kier molecular flexibility index (Phi) is 10.1. The largest absolute Gasteiger partial charge is 0.464 e. The first-order chi connectivity index (χ1) is 9.91. The van der Waals surface area contributed by atoms with Crippen LogP contribution >= 0.6 is 7.60 Å². The lowest BCUT2D eigenvalue weighted by molar-refractivity contribution is -0.154. The van der Waals surface area contributed by atoms with Crippen LogP contribution in [0.3, 0.4) is 0 Å². The first-order valence-electron chi connectivity index (χ1n) is 7.65. The molecule has 0 bridgehead atoms. The summed E-state index contributed by atoms with van der Waals surface area (Å²) >= 11 is 0. The molecule has 0 spiro atoms. The minimum Gasteiger partial charge on any atom is -0.464 e. The summed E-state index contributed by atoms with van der Waals surface area (Å²) in [6.07, 6.45) is -0.206. The lowest BCUT2D eigenvalue weighted by atomic mass is 9.95. The van der Waals surface area contributed by atoms with Crippen molar-refractivity contribution in [3.63, 3.8) is 0 Å². The third-order valence-electron chi connectivity index (χ3n) is 3.37. The van der Waals surface area contributed by atoms with Crippen LogP contribution < -0.4 is 0 Å². The fraction of sp³-hybridized carbons (Fsp3) is 0.929. The Morgan fingerprint density at radius 1 is 1.00 bits per heavy atom. The van der Waals surface area contributed by atoms with Gasteiger partial charge in [-0.15, -0.1) is 0 Å².